The molecule has 2 N–H and O–H groups in total. The standard InChI is InChI=1S/C22H21F3N2O4S2/c23-22(24,25)13-8-9-18-17(10-13)27-21(29)19(32-18)12-20(28)26-14-4-3-7-16(11-14)33(30,31)15-5-1-2-6-15/h3-4,7-11,15,19H,1-2,5-6,12H2,(H,26,28)(H,27,29). The van der Waals surface area contributed by atoms with Crippen LogP contribution in [-0.2, 0) is 25.6 Å². The first-order valence-corrected chi connectivity index (χ1v) is 12.8. The largest absolute Gasteiger partial charge is 0.416 e. The van der Waals surface area contributed by atoms with Crippen LogP contribution in [0.4, 0.5) is 24.5 Å². The predicted molar refractivity (Wildman–Crippen MR) is 119 cm³/mol. The molecule has 2 amide bonds. The lowest BCUT2D eigenvalue weighted by atomic mass is 10.1. The predicted octanol–water partition coefficient (Wildman–Crippen LogP) is 4.86. The fraction of sp³-hybridized carbons (Fsp3) is 0.364. The Hall–Kier alpha value is -2.53. The van der Waals surface area contributed by atoms with Crippen LogP contribution in [0.1, 0.15) is 37.7 Å². The Labute approximate surface area is 193 Å². The molecule has 4 rings (SSSR count). The molecule has 1 unspecified atom stereocenters. The van der Waals surface area contributed by atoms with Crippen LogP contribution >= 0.6 is 11.8 Å². The number of halogens is 3. The number of hydrogen-bond donors (Lipinski definition) is 2. The summed E-state index contributed by atoms with van der Waals surface area (Å²) in [6.45, 7) is 0. The lowest BCUT2D eigenvalue weighted by molar-refractivity contribution is -0.137. The summed E-state index contributed by atoms with van der Waals surface area (Å²) in [5.74, 6) is -1.08. The highest BCUT2D eigenvalue weighted by molar-refractivity contribution is 8.01. The summed E-state index contributed by atoms with van der Waals surface area (Å²) in [5, 5.41) is 3.81. The van der Waals surface area contributed by atoms with Gasteiger partial charge >= 0.3 is 6.18 Å². The molecule has 1 atom stereocenters. The van der Waals surface area contributed by atoms with Gasteiger partial charge in [-0.2, -0.15) is 13.2 Å². The maximum Gasteiger partial charge on any atom is 0.416 e. The number of hydrogen-bond acceptors (Lipinski definition) is 5. The smallest absolute Gasteiger partial charge is 0.326 e. The Morgan fingerprint density at radius 1 is 1.12 bits per heavy atom. The fourth-order valence-corrected chi connectivity index (χ4v) is 6.97. The van der Waals surface area contributed by atoms with Gasteiger partial charge in [-0.05, 0) is 49.2 Å². The minimum atomic E-state index is -4.53. The van der Waals surface area contributed by atoms with E-state index in [4.69, 9.17) is 0 Å². The quantitative estimate of drug-likeness (QED) is 0.614. The molecule has 0 bridgehead atoms. The summed E-state index contributed by atoms with van der Waals surface area (Å²) in [7, 11) is -3.48. The number of nitrogens with one attached hydrogen (secondary N) is 2. The van der Waals surface area contributed by atoms with Crippen LogP contribution in [0.5, 0.6) is 0 Å². The van der Waals surface area contributed by atoms with Gasteiger partial charge in [0.15, 0.2) is 9.84 Å². The van der Waals surface area contributed by atoms with Crippen molar-refractivity contribution in [1.82, 2.24) is 0 Å². The molecule has 1 fully saturated rings. The van der Waals surface area contributed by atoms with Crippen LogP contribution in [0, 0.1) is 0 Å². The van der Waals surface area contributed by atoms with E-state index in [9.17, 15) is 31.2 Å². The van der Waals surface area contributed by atoms with Crippen molar-refractivity contribution in [1.29, 1.82) is 0 Å². The number of rotatable bonds is 5. The van der Waals surface area contributed by atoms with E-state index in [0.29, 0.717) is 23.4 Å². The minimum Gasteiger partial charge on any atom is -0.326 e. The lowest BCUT2D eigenvalue weighted by Gasteiger charge is -2.24. The molecule has 0 saturated heterocycles. The Kier molecular flexibility index (Phi) is 6.45. The molecular formula is C22H21F3N2O4S2. The third-order valence-corrected chi connectivity index (χ3v) is 9.22. The monoisotopic (exact) mass is 498 g/mol. The van der Waals surface area contributed by atoms with Gasteiger partial charge in [0.2, 0.25) is 11.8 Å². The molecule has 6 nitrogen and oxygen atoms in total. The van der Waals surface area contributed by atoms with Gasteiger partial charge in [0.1, 0.15) is 0 Å². The second-order valence-electron chi connectivity index (χ2n) is 8.04. The van der Waals surface area contributed by atoms with E-state index in [1.807, 2.05) is 0 Å². The van der Waals surface area contributed by atoms with Crippen molar-refractivity contribution in [2.45, 2.75) is 58.6 Å². The number of benzene rings is 2. The van der Waals surface area contributed by atoms with Crippen molar-refractivity contribution in [2.24, 2.45) is 0 Å². The summed E-state index contributed by atoms with van der Waals surface area (Å²) in [6, 6.07) is 9.09. The second-order valence-corrected chi connectivity index (χ2v) is 11.5. The normalized spacial score (nSPS) is 19.1. The van der Waals surface area contributed by atoms with Gasteiger partial charge in [0.05, 0.1) is 26.6 Å². The Balaban J connectivity index is 1.43. The first kappa shape index (κ1) is 23.6. The number of alkyl halides is 3. The third kappa shape index (κ3) is 5.19. The molecule has 0 spiro atoms. The number of amides is 2. The molecule has 1 heterocycles. The van der Waals surface area contributed by atoms with Gasteiger partial charge in [-0.25, -0.2) is 8.42 Å². The maximum atomic E-state index is 12.9. The molecule has 2 aliphatic rings. The molecule has 1 saturated carbocycles. The Bertz CT molecular complexity index is 1190. The van der Waals surface area contributed by atoms with E-state index in [0.717, 1.165) is 36.7 Å². The molecular weight excluding hydrogens is 477 g/mol. The van der Waals surface area contributed by atoms with Crippen LogP contribution in [0.2, 0.25) is 0 Å². The summed E-state index contributed by atoms with van der Waals surface area (Å²) >= 11 is 1.01. The van der Waals surface area contributed by atoms with Gasteiger partial charge in [-0.1, -0.05) is 18.9 Å². The topological polar surface area (TPSA) is 92.3 Å². The van der Waals surface area contributed by atoms with Crippen LogP contribution in [-0.4, -0.2) is 30.7 Å². The van der Waals surface area contributed by atoms with Gasteiger partial charge in [-0.15, -0.1) is 11.8 Å². The highest BCUT2D eigenvalue weighted by Crippen LogP contribution is 2.40. The molecule has 0 radical (unpaired) electrons. The van der Waals surface area contributed by atoms with Crippen molar-refractivity contribution in [3.63, 3.8) is 0 Å². The third-order valence-electron chi connectivity index (χ3n) is 5.68. The SMILES string of the molecule is O=C(CC1Sc2ccc(C(F)(F)F)cc2NC1=O)Nc1cccc(S(=O)(=O)C2CCCC2)c1. The number of carbonyl (C=O) groups excluding carboxylic acids is 2. The lowest BCUT2D eigenvalue weighted by Crippen LogP contribution is -2.32. The first-order chi connectivity index (χ1) is 15.5. The molecule has 33 heavy (non-hydrogen) atoms. The summed E-state index contributed by atoms with van der Waals surface area (Å²) in [4.78, 5) is 25.5. The first-order valence-electron chi connectivity index (χ1n) is 10.4. The average Bonchev–Trinajstić information content (AvgIpc) is 3.29. The fourth-order valence-electron chi connectivity index (χ4n) is 3.98. The zero-order chi connectivity index (χ0) is 23.8. The second kappa shape index (κ2) is 9.02. The van der Waals surface area contributed by atoms with E-state index in [1.54, 1.807) is 12.1 Å². The Morgan fingerprint density at radius 3 is 2.55 bits per heavy atom. The van der Waals surface area contributed by atoms with Gasteiger partial charge < -0.3 is 10.6 Å². The summed E-state index contributed by atoms with van der Waals surface area (Å²) in [6.07, 6.45) is -1.75. The zero-order valence-electron chi connectivity index (χ0n) is 17.3. The number of carbonyl (C=O) groups is 2. The number of anilines is 2. The Morgan fingerprint density at radius 2 is 1.85 bits per heavy atom. The zero-order valence-corrected chi connectivity index (χ0v) is 18.9. The molecule has 2 aromatic carbocycles. The molecule has 176 valence electrons. The minimum absolute atomic E-state index is 0.0568. The maximum absolute atomic E-state index is 12.9. The van der Waals surface area contributed by atoms with E-state index < -0.39 is 43.9 Å². The van der Waals surface area contributed by atoms with E-state index in [-0.39, 0.29) is 17.0 Å². The van der Waals surface area contributed by atoms with Crippen LogP contribution in [0.25, 0.3) is 0 Å². The van der Waals surface area contributed by atoms with E-state index >= 15 is 0 Å². The molecule has 0 aromatic heterocycles. The molecule has 11 heteroatoms. The number of sulfone groups is 1. The van der Waals surface area contributed by atoms with Crippen LogP contribution < -0.4 is 10.6 Å². The number of thioether (sulfide) groups is 1. The average molecular weight is 499 g/mol. The van der Waals surface area contributed by atoms with Crippen molar-refractivity contribution in [3.05, 3.63) is 48.0 Å². The molecule has 1 aliphatic carbocycles. The highest BCUT2D eigenvalue weighted by atomic mass is 32.2. The van der Waals surface area contributed by atoms with E-state index in [1.165, 1.54) is 18.2 Å². The molecule has 2 aromatic rings. The summed E-state index contributed by atoms with van der Waals surface area (Å²) in [5.41, 5.74) is -0.511. The van der Waals surface area contributed by atoms with Crippen LogP contribution in [0.15, 0.2) is 52.3 Å². The van der Waals surface area contributed by atoms with Crippen LogP contribution in [0.3, 0.4) is 0 Å². The van der Waals surface area contributed by atoms with Gasteiger partial charge in [-0.3, -0.25) is 9.59 Å². The van der Waals surface area contributed by atoms with Gasteiger partial charge in [0.25, 0.3) is 0 Å². The van der Waals surface area contributed by atoms with Crippen molar-refractivity contribution in [3.8, 4) is 0 Å². The molecule has 1 aliphatic heterocycles. The van der Waals surface area contributed by atoms with E-state index in [2.05, 4.69) is 10.6 Å². The van der Waals surface area contributed by atoms with Crippen molar-refractivity contribution < 1.29 is 31.2 Å². The van der Waals surface area contributed by atoms with Crippen molar-refractivity contribution in [2.75, 3.05) is 10.6 Å². The van der Waals surface area contributed by atoms with Crippen molar-refractivity contribution >= 4 is 44.8 Å². The van der Waals surface area contributed by atoms with Gasteiger partial charge in [0, 0.05) is 17.0 Å². The highest BCUT2D eigenvalue weighted by Gasteiger charge is 2.34. The number of fused-ring (bicyclic) bond motifs is 1. The summed E-state index contributed by atoms with van der Waals surface area (Å²) < 4.78 is 64.3.